The van der Waals surface area contributed by atoms with Gasteiger partial charge in [-0.3, -0.25) is 0 Å². The van der Waals surface area contributed by atoms with Crippen molar-refractivity contribution in [2.75, 3.05) is 0 Å². The van der Waals surface area contributed by atoms with E-state index in [1.54, 1.807) is 43.0 Å². The molecule has 2 atom stereocenters. The van der Waals surface area contributed by atoms with Gasteiger partial charge in [0.05, 0.1) is 18.6 Å². The summed E-state index contributed by atoms with van der Waals surface area (Å²) in [6.07, 6.45) is 5.57. The van der Waals surface area contributed by atoms with Gasteiger partial charge in [-0.2, -0.15) is 0 Å². The second-order valence-electron chi connectivity index (χ2n) is 7.15. The molecule has 1 N–H and O–H groups in total. The van der Waals surface area contributed by atoms with Crippen LogP contribution in [-0.4, -0.2) is 20.4 Å². The molecule has 0 aliphatic carbocycles. The molecule has 2 unspecified atom stereocenters. The number of aromatic nitrogens is 2. The van der Waals surface area contributed by atoms with Gasteiger partial charge in [-0.05, 0) is 42.3 Å². The van der Waals surface area contributed by atoms with E-state index in [9.17, 15) is 5.11 Å². The number of nitrogens with zero attached hydrogens (tertiary/aromatic N) is 3. The molecule has 0 amide bonds. The third-order valence-corrected chi connectivity index (χ3v) is 5.59. The molecular weight excluding hydrogens is 397 g/mol. The lowest BCUT2D eigenvalue weighted by molar-refractivity contribution is -0.00740. The molecule has 2 heterocycles. The van der Waals surface area contributed by atoms with Crippen molar-refractivity contribution >= 4 is 28.9 Å². The number of aliphatic hydroxyl groups is 1. The zero-order valence-electron chi connectivity index (χ0n) is 15.2. The standard InChI is InChI=1S/C21H19Cl2N3O2/c1-20(15-2-6-17(22)7-3-15)12-19(25-28-20)21(27,13-26-11-10-24-14-26)16-4-8-18(23)9-5-16/h2-11,14,27H,12-13H2,1H3. The van der Waals surface area contributed by atoms with Crippen molar-refractivity contribution in [3.05, 3.63) is 88.4 Å². The monoisotopic (exact) mass is 415 g/mol. The van der Waals surface area contributed by atoms with Gasteiger partial charge in [0.25, 0.3) is 0 Å². The van der Waals surface area contributed by atoms with Crippen LogP contribution in [0.5, 0.6) is 0 Å². The van der Waals surface area contributed by atoms with Crippen molar-refractivity contribution < 1.29 is 9.94 Å². The maximum atomic E-state index is 11.7. The summed E-state index contributed by atoms with van der Waals surface area (Å²) in [5.41, 5.74) is 0.121. The summed E-state index contributed by atoms with van der Waals surface area (Å²) in [7, 11) is 0. The first-order valence-electron chi connectivity index (χ1n) is 8.85. The van der Waals surface area contributed by atoms with Gasteiger partial charge >= 0.3 is 0 Å². The Balaban J connectivity index is 1.69. The van der Waals surface area contributed by atoms with Crippen molar-refractivity contribution in [2.24, 2.45) is 5.16 Å². The molecular formula is C21H19Cl2N3O2. The topological polar surface area (TPSA) is 59.6 Å². The summed E-state index contributed by atoms with van der Waals surface area (Å²) in [5.74, 6) is 0. The third kappa shape index (κ3) is 3.53. The van der Waals surface area contributed by atoms with E-state index < -0.39 is 11.2 Å². The molecule has 0 bridgehead atoms. The first-order chi connectivity index (χ1) is 13.4. The van der Waals surface area contributed by atoms with Gasteiger partial charge in [0.1, 0.15) is 5.60 Å². The number of hydrogen-bond donors (Lipinski definition) is 1. The maximum absolute atomic E-state index is 11.7. The molecule has 5 nitrogen and oxygen atoms in total. The van der Waals surface area contributed by atoms with Gasteiger partial charge in [0, 0.05) is 28.9 Å². The van der Waals surface area contributed by atoms with Crippen LogP contribution in [0, 0.1) is 0 Å². The van der Waals surface area contributed by atoms with Crippen LogP contribution in [0.3, 0.4) is 0 Å². The first-order valence-corrected chi connectivity index (χ1v) is 9.60. The first kappa shape index (κ1) is 19.0. The summed E-state index contributed by atoms with van der Waals surface area (Å²) in [5, 5.41) is 17.3. The molecule has 0 saturated heterocycles. The van der Waals surface area contributed by atoms with E-state index in [1.807, 2.05) is 35.8 Å². The van der Waals surface area contributed by atoms with Crippen LogP contribution in [0.25, 0.3) is 0 Å². The fourth-order valence-corrected chi connectivity index (χ4v) is 3.69. The van der Waals surface area contributed by atoms with Crippen LogP contribution < -0.4 is 0 Å². The van der Waals surface area contributed by atoms with Gasteiger partial charge in [-0.1, -0.05) is 52.6 Å². The fourth-order valence-electron chi connectivity index (χ4n) is 3.44. The zero-order chi connectivity index (χ0) is 19.8. The highest BCUT2D eigenvalue weighted by molar-refractivity contribution is 6.30. The largest absolute Gasteiger partial charge is 0.384 e. The third-order valence-electron chi connectivity index (χ3n) is 5.09. The number of halogens is 2. The van der Waals surface area contributed by atoms with Gasteiger partial charge < -0.3 is 14.5 Å². The summed E-state index contributed by atoms with van der Waals surface area (Å²) < 4.78 is 1.81. The number of imidazole rings is 1. The molecule has 4 rings (SSSR count). The smallest absolute Gasteiger partial charge is 0.165 e. The summed E-state index contributed by atoms with van der Waals surface area (Å²) >= 11 is 12.0. The molecule has 1 aliphatic heterocycles. The number of rotatable bonds is 5. The Hall–Kier alpha value is -2.34. The van der Waals surface area contributed by atoms with Gasteiger partial charge in [0.15, 0.2) is 5.60 Å². The Kier molecular flexibility index (Phi) is 4.91. The lowest BCUT2D eigenvalue weighted by Crippen LogP contribution is -2.40. The van der Waals surface area contributed by atoms with Crippen LogP contribution in [0.4, 0.5) is 0 Å². The lowest BCUT2D eigenvalue weighted by Gasteiger charge is -2.30. The van der Waals surface area contributed by atoms with Crippen molar-refractivity contribution in [3.8, 4) is 0 Å². The van der Waals surface area contributed by atoms with Gasteiger partial charge in [-0.25, -0.2) is 4.98 Å². The molecule has 1 aromatic heterocycles. The van der Waals surface area contributed by atoms with Crippen molar-refractivity contribution in [3.63, 3.8) is 0 Å². The second-order valence-corrected chi connectivity index (χ2v) is 8.02. The lowest BCUT2D eigenvalue weighted by atomic mass is 9.81. The van der Waals surface area contributed by atoms with E-state index in [0.717, 1.165) is 5.56 Å². The molecule has 1 aliphatic rings. The Morgan fingerprint density at radius 2 is 1.75 bits per heavy atom. The van der Waals surface area contributed by atoms with Crippen LogP contribution in [0.15, 0.2) is 72.4 Å². The number of hydrogen-bond acceptors (Lipinski definition) is 4. The highest BCUT2D eigenvalue weighted by Gasteiger charge is 2.46. The molecule has 0 radical (unpaired) electrons. The minimum atomic E-state index is -1.37. The highest BCUT2D eigenvalue weighted by atomic mass is 35.5. The predicted molar refractivity (Wildman–Crippen MR) is 110 cm³/mol. The summed E-state index contributed by atoms with van der Waals surface area (Å²) in [6.45, 7) is 2.21. The van der Waals surface area contributed by atoms with E-state index in [2.05, 4.69) is 10.1 Å². The molecule has 144 valence electrons. The quantitative estimate of drug-likeness (QED) is 0.652. The Morgan fingerprint density at radius 1 is 1.11 bits per heavy atom. The van der Waals surface area contributed by atoms with Crippen LogP contribution >= 0.6 is 23.2 Å². The molecule has 7 heteroatoms. The SMILES string of the molecule is CC1(c2ccc(Cl)cc2)CC(C(O)(Cn2ccnc2)c2ccc(Cl)cc2)=NO1. The average Bonchev–Trinajstić information content (AvgIpc) is 3.33. The van der Waals surface area contributed by atoms with Crippen molar-refractivity contribution in [1.29, 1.82) is 0 Å². The Labute approximate surface area is 173 Å². The molecule has 0 saturated carbocycles. The van der Waals surface area contributed by atoms with E-state index >= 15 is 0 Å². The minimum Gasteiger partial charge on any atom is -0.384 e. The molecule has 2 aromatic carbocycles. The molecule has 3 aromatic rings. The van der Waals surface area contributed by atoms with Crippen LogP contribution in [0.2, 0.25) is 10.0 Å². The normalized spacial score (nSPS) is 21.1. The van der Waals surface area contributed by atoms with Crippen molar-refractivity contribution in [1.82, 2.24) is 9.55 Å². The van der Waals surface area contributed by atoms with Crippen LogP contribution in [0.1, 0.15) is 24.5 Å². The van der Waals surface area contributed by atoms with E-state index in [1.165, 1.54) is 0 Å². The fraction of sp³-hybridized carbons (Fsp3) is 0.238. The van der Waals surface area contributed by atoms with E-state index in [0.29, 0.717) is 27.7 Å². The van der Waals surface area contributed by atoms with E-state index in [4.69, 9.17) is 28.0 Å². The predicted octanol–water partition coefficient (Wildman–Crippen LogP) is 4.77. The van der Waals surface area contributed by atoms with Gasteiger partial charge in [0.2, 0.25) is 0 Å². The van der Waals surface area contributed by atoms with Gasteiger partial charge in [-0.15, -0.1) is 0 Å². The maximum Gasteiger partial charge on any atom is 0.165 e. The van der Waals surface area contributed by atoms with E-state index in [-0.39, 0.29) is 6.54 Å². The highest BCUT2D eigenvalue weighted by Crippen LogP contribution is 2.40. The average molecular weight is 416 g/mol. The zero-order valence-corrected chi connectivity index (χ0v) is 16.7. The number of benzene rings is 2. The molecule has 28 heavy (non-hydrogen) atoms. The molecule has 0 spiro atoms. The summed E-state index contributed by atoms with van der Waals surface area (Å²) in [4.78, 5) is 9.90. The number of oxime groups is 1. The van der Waals surface area contributed by atoms with Crippen molar-refractivity contribution in [2.45, 2.75) is 31.1 Å². The Morgan fingerprint density at radius 3 is 2.36 bits per heavy atom. The second kappa shape index (κ2) is 7.24. The summed E-state index contributed by atoms with van der Waals surface area (Å²) in [6, 6.07) is 14.6. The molecule has 0 fully saturated rings. The Bertz CT molecular complexity index is 988. The van der Waals surface area contributed by atoms with Crippen LogP contribution in [-0.2, 0) is 22.6 Å². The minimum absolute atomic E-state index is 0.257.